The maximum absolute atomic E-state index is 9.05. The molecule has 2 aromatic rings. The van der Waals surface area contributed by atoms with E-state index in [-0.39, 0.29) is 12.7 Å². The highest BCUT2D eigenvalue weighted by Crippen LogP contribution is 2.25. The molecule has 2 heterocycles. The Labute approximate surface area is 140 Å². The molecule has 0 bridgehead atoms. The molecule has 1 N–H and O–H groups in total. The number of ether oxygens (including phenoxy) is 1. The predicted molar refractivity (Wildman–Crippen MR) is 88.4 cm³/mol. The van der Waals surface area contributed by atoms with E-state index >= 15 is 0 Å². The first-order chi connectivity index (χ1) is 11.2. The summed E-state index contributed by atoms with van der Waals surface area (Å²) in [4.78, 5) is 6.92. The van der Waals surface area contributed by atoms with E-state index in [1.165, 1.54) is 0 Å². The first-order valence-electron chi connectivity index (χ1n) is 7.83. The molecule has 0 spiro atoms. The summed E-state index contributed by atoms with van der Waals surface area (Å²) in [7, 11) is 0. The molecular weight excluding hydrogens is 316 g/mol. The maximum atomic E-state index is 9.05. The smallest absolute Gasteiger partial charge is 0.226 e. The maximum Gasteiger partial charge on any atom is 0.226 e. The normalized spacial score (nSPS) is 19.2. The van der Waals surface area contributed by atoms with Crippen LogP contribution in [0, 0.1) is 6.92 Å². The number of benzene rings is 1. The third kappa shape index (κ3) is 4.12. The topological polar surface area (TPSA) is 58.7 Å². The second kappa shape index (κ2) is 7.45. The van der Waals surface area contributed by atoms with E-state index in [2.05, 4.69) is 9.88 Å². The van der Waals surface area contributed by atoms with Gasteiger partial charge < -0.3 is 14.3 Å². The van der Waals surface area contributed by atoms with Crippen molar-refractivity contribution in [2.45, 2.75) is 26.0 Å². The molecule has 0 aliphatic carbocycles. The van der Waals surface area contributed by atoms with Gasteiger partial charge in [-0.05, 0) is 31.5 Å². The highest BCUT2D eigenvalue weighted by Gasteiger charge is 2.22. The fraction of sp³-hybridized carbons (Fsp3) is 0.471. The molecule has 5 nitrogen and oxygen atoms in total. The van der Waals surface area contributed by atoms with Crippen molar-refractivity contribution in [1.82, 2.24) is 9.88 Å². The molecular formula is C17H21ClN2O3. The summed E-state index contributed by atoms with van der Waals surface area (Å²) in [6.07, 6.45) is 0.760. The van der Waals surface area contributed by atoms with E-state index < -0.39 is 0 Å². The molecule has 3 rings (SSSR count). The number of oxazole rings is 1. The molecule has 23 heavy (non-hydrogen) atoms. The largest absolute Gasteiger partial charge is 0.441 e. The van der Waals surface area contributed by atoms with Crippen LogP contribution in [-0.2, 0) is 11.3 Å². The zero-order chi connectivity index (χ0) is 16.2. The number of halogens is 1. The van der Waals surface area contributed by atoms with Crippen LogP contribution >= 0.6 is 11.6 Å². The van der Waals surface area contributed by atoms with Gasteiger partial charge >= 0.3 is 0 Å². The van der Waals surface area contributed by atoms with Crippen molar-refractivity contribution >= 4 is 11.6 Å². The lowest BCUT2D eigenvalue weighted by Crippen LogP contribution is -2.42. The molecule has 0 saturated carbocycles. The molecule has 1 aliphatic rings. The summed E-state index contributed by atoms with van der Waals surface area (Å²) in [5.74, 6) is 1.42. The highest BCUT2D eigenvalue weighted by molar-refractivity contribution is 6.30. The zero-order valence-corrected chi connectivity index (χ0v) is 13.9. The van der Waals surface area contributed by atoms with Gasteiger partial charge in [-0.1, -0.05) is 17.7 Å². The summed E-state index contributed by atoms with van der Waals surface area (Å²) in [5.41, 5.74) is 1.82. The van der Waals surface area contributed by atoms with Crippen LogP contribution < -0.4 is 0 Å². The molecule has 1 atom stereocenters. The van der Waals surface area contributed by atoms with Crippen molar-refractivity contribution in [3.8, 4) is 11.5 Å². The fourth-order valence-corrected chi connectivity index (χ4v) is 2.96. The van der Waals surface area contributed by atoms with Gasteiger partial charge in [-0.2, -0.15) is 0 Å². The number of hydrogen-bond donors (Lipinski definition) is 1. The second-order valence-electron chi connectivity index (χ2n) is 5.77. The number of nitrogens with zero attached hydrogens (tertiary/aromatic N) is 2. The summed E-state index contributed by atoms with van der Waals surface area (Å²) in [6.45, 7) is 5.16. The van der Waals surface area contributed by atoms with Crippen LogP contribution in [0.4, 0.5) is 0 Å². The van der Waals surface area contributed by atoms with Crippen LogP contribution in [0.2, 0.25) is 5.02 Å². The van der Waals surface area contributed by atoms with Crippen molar-refractivity contribution in [3.05, 3.63) is 40.7 Å². The quantitative estimate of drug-likeness (QED) is 0.909. The minimum atomic E-state index is 0.0911. The lowest BCUT2D eigenvalue weighted by molar-refractivity contribution is -0.0411. The Hall–Kier alpha value is -1.40. The Kier molecular flexibility index (Phi) is 5.33. The predicted octanol–water partition coefficient (Wildman–Crippen LogP) is 2.89. The molecule has 1 saturated heterocycles. The van der Waals surface area contributed by atoms with Gasteiger partial charge in [-0.3, -0.25) is 4.90 Å². The summed E-state index contributed by atoms with van der Waals surface area (Å²) in [5, 5.41) is 9.72. The number of aliphatic hydroxyl groups is 1. The van der Waals surface area contributed by atoms with Gasteiger partial charge in [-0.15, -0.1) is 0 Å². The Morgan fingerprint density at radius 1 is 1.43 bits per heavy atom. The van der Waals surface area contributed by atoms with Crippen LogP contribution in [0.5, 0.6) is 0 Å². The lowest BCUT2D eigenvalue weighted by Gasteiger charge is -2.32. The summed E-state index contributed by atoms with van der Waals surface area (Å²) < 4.78 is 11.4. The summed E-state index contributed by atoms with van der Waals surface area (Å²) in [6, 6.07) is 7.50. The van der Waals surface area contributed by atoms with Gasteiger partial charge in [0.25, 0.3) is 0 Å². The standard InChI is InChI=1S/C17H21ClN2O3/c1-12-16(11-20-6-8-22-15(10-20)5-7-21)19-17(23-12)13-3-2-4-14(18)9-13/h2-4,9,15,21H,5-8,10-11H2,1H3/t15-/m0/s1. The van der Waals surface area contributed by atoms with Gasteiger partial charge in [0, 0.05) is 36.8 Å². The molecule has 6 heteroatoms. The van der Waals surface area contributed by atoms with E-state index in [1.54, 1.807) is 0 Å². The molecule has 1 aliphatic heterocycles. The van der Waals surface area contributed by atoms with Gasteiger partial charge in [0.15, 0.2) is 0 Å². The van der Waals surface area contributed by atoms with Crippen molar-refractivity contribution in [2.24, 2.45) is 0 Å². The third-order valence-corrected chi connectivity index (χ3v) is 4.25. The van der Waals surface area contributed by atoms with E-state index in [0.29, 0.717) is 23.9 Å². The Bertz CT molecular complexity index is 657. The fourth-order valence-electron chi connectivity index (χ4n) is 2.77. The van der Waals surface area contributed by atoms with E-state index in [9.17, 15) is 0 Å². The van der Waals surface area contributed by atoms with Crippen molar-refractivity contribution in [3.63, 3.8) is 0 Å². The lowest BCUT2D eigenvalue weighted by atomic mass is 10.2. The number of hydrogen-bond acceptors (Lipinski definition) is 5. The van der Waals surface area contributed by atoms with E-state index in [0.717, 1.165) is 36.7 Å². The molecule has 0 amide bonds. The van der Waals surface area contributed by atoms with Crippen molar-refractivity contribution in [1.29, 1.82) is 0 Å². The van der Waals surface area contributed by atoms with Gasteiger partial charge in [-0.25, -0.2) is 4.98 Å². The van der Waals surface area contributed by atoms with Crippen LogP contribution in [-0.4, -0.2) is 47.4 Å². The van der Waals surface area contributed by atoms with Gasteiger partial charge in [0.2, 0.25) is 5.89 Å². The van der Waals surface area contributed by atoms with Gasteiger partial charge in [0.05, 0.1) is 18.4 Å². The number of morpholine rings is 1. The molecule has 1 aromatic carbocycles. The van der Waals surface area contributed by atoms with E-state index in [1.807, 2.05) is 31.2 Å². The van der Waals surface area contributed by atoms with Crippen LogP contribution in [0.3, 0.4) is 0 Å². The summed E-state index contributed by atoms with van der Waals surface area (Å²) >= 11 is 6.03. The minimum Gasteiger partial charge on any atom is -0.441 e. The van der Waals surface area contributed by atoms with Crippen molar-refractivity contribution < 1.29 is 14.3 Å². The molecule has 1 fully saturated rings. The van der Waals surface area contributed by atoms with Crippen molar-refractivity contribution in [2.75, 3.05) is 26.3 Å². The number of aromatic nitrogens is 1. The average molecular weight is 337 g/mol. The van der Waals surface area contributed by atoms with Crippen LogP contribution in [0.1, 0.15) is 17.9 Å². The van der Waals surface area contributed by atoms with Crippen LogP contribution in [0.25, 0.3) is 11.5 Å². The Morgan fingerprint density at radius 3 is 3.09 bits per heavy atom. The minimum absolute atomic E-state index is 0.0911. The third-order valence-electron chi connectivity index (χ3n) is 4.01. The molecule has 0 unspecified atom stereocenters. The highest BCUT2D eigenvalue weighted by atomic mass is 35.5. The number of rotatable bonds is 5. The Morgan fingerprint density at radius 2 is 2.30 bits per heavy atom. The SMILES string of the molecule is Cc1oc(-c2cccc(Cl)c2)nc1CN1CCO[C@@H](CCO)C1. The molecule has 124 valence electrons. The first kappa shape index (κ1) is 16.5. The molecule has 1 aromatic heterocycles. The first-order valence-corrected chi connectivity index (χ1v) is 8.20. The number of aliphatic hydroxyl groups excluding tert-OH is 1. The number of aryl methyl sites for hydroxylation is 1. The zero-order valence-electron chi connectivity index (χ0n) is 13.2. The van der Waals surface area contributed by atoms with Gasteiger partial charge in [0.1, 0.15) is 5.76 Å². The molecule has 0 radical (unpaired) electrons. The van der Waals surface area contributed by atoms with Crippen LogP contribution in [0.15, 0.2) is 28.7 Å². The second-order valence-corrected chi connectivity index (χ2v) is 6.21. The Balaban J connectivity index is 1.71. The average Bonchev–Trinajstić information content (AvgIpc) is 2.89. The monoisotopic (exact) mass is 336 g/mol. The van der Waals surface area contributed by atoms with E-state index in [4.69, 9.17) is 25.9 Å².